The fourth-order valence-corrected chi connectivity index (χ4v) is 4.13. The number of methoxy groups -OCH3 is 2. The maximum Gasteiger partial charge on any atom is 0.295 e. The summed E-state index contributed by atoms with van der Waals surface area (Å²) >= 11 is 0. The van der Waals surface area contributed by atoms with Gasteiger partial charge < -0.3 is 29.6 Å². The molecule has 8 nitrogen and oxygen atoms in total. The number of aliphatic hydroxyl groups excluding tert-OH is 1. The number of carbonyl (C=O) groups is 2. The Morgan fingerprint density at radius 3 is 2.66 bits per heavy atom. The van der Waals surface area contributed by atoms with Gasteiger partial charge in [-0.1, -0.05) is 24.3 Å². The average molecular weight is 436 g/mol. The van der Waals surface area contributed by atoms with Crippen molar-refractivity contribution in [3.63, 3.8) is 0 Å². The standard InChI is InChI=1S/C24H24N2O6/c1-31-11-5-10-26-21(14-8-9-19(32-2)18(27)12-14)20(23(29)24(26)30)22(28)16-13-25-17-7-4-3-6-15(16)17/h3-4,6-9,12-13,21,25,27-28H,5,10-11H2,1-2H3/b22-20-. The van der Waals surface area contributed by atoms with E-state index in [2.05, 4.69) is 4.98 Å². The van der Waals surface area contributed by atoms with Crippen LogP contribution in [0.4, 0.5) is 0 Å². The van der Waals surface area contributed by atoms with Gasteiger partial charge in [-0.15, -0.1) is 0 Å². The van der Waals surface area contributed by atoms with Crippen LogP contribution >= 0.6 is 0 Å². The van der Waals surface area contributed by atoms with Gasteiger partial charge in [-0.25, -0.2) is 0 Å². The monoisotopic (exact) mass is 436 g/mol. The summed E-state index contributed by atoms with van der Waals surface area (Å²) in [7, 11) is 2.99. The summed E-state index contributed by atoms with van der Waals surface area (Å²) < 4.78 is 10.2. The van der Waals surface area contributed by atoms with E-state index in [0.29, 0.717) is 24.2 Å². The van der Waals surface area contributed by atoms with Crippen LogP contribution < -0.4 is 4.74 Å². The number of aromatic amines is 1. The van der Waals surface area contributed by atoms with E-state index in [-0.39, 0.29) is 29.4 Å². The Bertz CT molecular complexity index is 1210. The summed E-state index contributed by atoms with van der Waals surface area (Å²) in [4.78, 5) is 30.5. The van der Waals surface area contributed by atoms with Gasteiger partial charge in [0.15, 0.2) is 11.5 Å². The third-order valence-electron chi connectivity index (χ3n) is 5.65. The summed E-state index contributed by atoms with van der Waals surface area (Å²) in [6.45, 7) is 0.659. The predicted octanol–water partition coefficient (Wildman–Crippen LogP) is 3.34. The molecule has 1 atom stereocenters. The lowest BCUT2D eigenvalue weighted by Gasteiger charge is -2.25. The van der Waals surface area contributed by atoms with Crippen molar-refractivity contribution in [2.75, 3.05) is 27.4 Å². The molecule has 0 bridgehead atoms. The first-order valence-corrected chi connectivity index (χ1v) is 10.2. The zero-order valence-corrected chi connectivity index (χ0v) is 17.8. The third-order valence-corrected chi connectivity index (χ3v) is 5.65. The van der Waals surface area contributed by atoms with Crippen LogP contribution in [0, 0.1) is 0 Å². The molecule has 0 radical (unpaired) electrons. The molecular formula is C24H24N2O6. The molecule has 2 aromatic carbocycles. The first kappa shape index (κ1) is 21.5. The second-order valence-electron chi connectivity index (χ2n) is 7.52. The highest BCUT2D eigenvalue weighted by molar-refractivity contribution is 6.46. The number of likely N-dealkylation sites (tertiary alicyclic amines) is 1. The number of aliphatic hydroxyl groups is 1. The molecule has 1 aromatic heterocycles. The number of ether oxygens (including phenoxy) is 2. The highest BCUT2D eigenvalue weighted by Gasteiger charge is 2.46. The molecule has 1 amide bonds. The lowest BCUT2D eigenvalue weighted by molar-refractivity contribution is -0.140. The molecule has 32 heavy (non-hydrogen) atoms. The zero-order valence-electron chi connectivity index (χ0n) is 17.8. The summed E-state index contributed by atoms with van der Waals surface area (Å²) in [6.07, 6.45) is 2.12. The zero-order chi connectivity index (χ0) is 22.8. The Labute approximate surface area is 184 Å². The SMILES string of the molecule is COCCCN1C(=O)C(=O)/C(=C(\O)c2c[nH]c3ccccc23)C1c1ccc(OC)c(O)c1. The van der Waals surface area contributed by atoms with E-state index in [1.54, 1.807) is 25.4 Å². The number of fused-ring (bicyclic) bond motifs is 1. The third kappa shape index (κ3) is 3.58. The van der Waals surface area contributed by atoms with Crippen LogP contribution in [-0.2, 0) is 14.3 Å². The number of aromatic hydroxyl groups is 1. The minimum absolute atomic E-state index is 0.0262. The topological polar surface area (TPSA) is 112 Å². The van der Waals surface area contributed by atoms with Crippen LogP contribution in [0.3, 0.4) is 0 Å². The number of aromatic nitrogens is 1. The Balaban J connectivity index is 1.88. The molecule has 1 aliphatic heterocycles. The number of nitrogens with one attached hydrogen (secondary N) is 1. The molecule has 0 aliphatic carbocycles. The van der Waals surface area contributed by atoms with Crippen molar-refractivity contribution in [1.29, 1.82) is 0 Å². The quantitative estimate of drug-likeness (QED) is 0.227. The minimum atomic E-state index is -0.864. The van der Waals surface area contributed by atoms with Gasteiger partial charge in [0.2, 0.25) is 0 Å². The number of para-hydroxylation sites is 1. The van der Waals surface area contributed by atoms with Gasteiger partial charge in [-0.3, -0.25) is 9.59 Å². The molecule has 166 valence electrons. The highest BCUT2D eigenvalue weighted by atomic mass is 16.5. The number of benzene rings is 2. The number of ketones is 1. The highest BCUT2D eigenvalue weighted by Crippen LogP contribution is 2.42. The van der Waals surface area contributed by atoms with Gasteiger partial charge in [0.1, 0.15) is 5.76 Å². The molecule has 2 heterocycles. The number of phenolic OH excluding ortho intramolecular Hbond substituents is 1. The summed E-state index contributed by atoms with van der Waals surface area (Å²) in [6, 6.07) is 11.2. The molecule has 4 rings (SSSR count). The van der Waals surface area contributed by atoms with E-state index in [0.717, 1.165) is 10.9 Å². The Morgan fingerprint density at radius 2 is 1.94 bits per heavy atom. The normalized spacial score (nSPS) is 17.9. The number of phenols is 1. The molecule has 3 aromatic rings. The minimum Gasteiger partial charge on any atom is -0.507 e. The maximum absolute atomic E-state index is 13.1. The van der Waals surface area contributed by atoms with Crippen molar-refractivity contribution in [1.82, 2.24) is 9.88 Å². The summed E-state index contributed by atoms with van der Waals surface area (Å²) in [5.74, 6) is -1.61. The van der Waals surface area contributed by atoms with E-state index in [9.17, 15) is 19.8 Å². The lowest BCUT2D eigenvalue weighted by atomic mass is 9.94. The van der Waals surface area contributed by atoms with Gasteiger partial charge in [0.25, 0.3) is 11.7 Å². The van der Waals surface area contributed by atoms with Crippen LogP contribution in [0.2, 0.25) is 0 Å². The second-order valence-corrected chi connectivity index (χ2v) is 7.52. The maximum atomic E-state index is 13.1. The molecule has 3 N–H and O–H groups in total. The fraction of sp³-hybridized carbons (Fsp3) is 0.250. The molecular weight excluding hydrogens is 412 g/mol. The van der Waals surface area contributed by atoms with E-state index in [4.69, 9.17) is 9.47 Å². The average Bonchev–Trinajstić information content (AvgIpc) is 3.33. The second kappa shape index (κ2) is 8.76. The van der Waals surface area contributed by atoms with Crippen LogP contribution in [0.5, 0.6) is 11.5 Å². The number of hydrogen-bond donors (Lipinski definition) is 3. The number of carbonyl (C=O) groups excluding carboxylic acids is 2. The first-order chi connectivity index (χ1) is 15.5. The van der Waals surface area contributed by atoms with E-state index < -0.39 is 17.7 Å². The predicted molar refractivity (Wildman–Crippen MR) is 118 cm³/mol. The summed E-state index contributed by atoms with van der Waals surface area (Å²) in [5, 5.41) is 22.3. The smallest absolute Gasteiger partial charge is 0.295 e. The van der Waals surface area contributed by atoms with Crippen LogP contribution in [0.15, 0.2) is 54.2 Å². The number of hydrogen-bond acceptors (Lipinski definition) is 6. The largest absolute Gasteiger partial charge is 0.507 e. The van der Waals surface area contributed by atoms with Gasteiger partial charge in [-0.2, -0.15) is 0 Å². The number of amides is 1. The molecule has 1 saturated heterocycles. The summed E-state index contributed by atoms with van der Waals surface area (Å²) in [5.41, 5.74) is 1.68. The van der Waals surface area contributed by atoms with Crippen molar-refractivity contribution in [3.05, 3.63) is 65.4 Å². The van der Waals surface area contributed by atoms with Crippen molar-refractivity contribution < 1.29 is 29.3 Å². The van der Waals surface area contributed by atoms with Crippen LogP contribution in [-0.4, -0.2) is 59.2 Å². The van der Waals surface area contributed by atoms with E-state index >= 15 is 0 Å². The first-order valence-electron chi connectivity index (χ1n) is 10.2. The Hall–Kier alpha value is -3.78. The van der Waals surface area contributed by atoms with Crippen molar-refractivity contribution in [2.45, 2.75) is 12.5 Å². The van der Waals surface area contributed by atoms with Crippen LogP contribution in [0.25, 0.3) is 16.7 Å². The molecule has 0 saturated carbocycles. The number of rotatable bonds is 7. The van der Waals surface area contributed by atoms with E-state index in [1.165, 1.54) is 18.1 Å². The Kier molecular flexibility index (Phi) is 5.87. The number of H-pyrrole nitrogens is 1. The van der Waals surface area contributed by atoms with Crippen molar-refractivity contribution >= 4 is 28.4 Å². The fourth-order valence-electron chi connectivity index (χ4n) is 4.13. The van der Waals surface area contributed by atoms with Gasteiger partial charge >= 0.3 is 0 Å². The van der Waals surface area contributed by atoms with E-state index in [1.807, 2.05) is 24.3 Å². The number of Topliss-reactive ketones (excluding diaryl/α,β-unsaturated/α-hetero) is 1. The lowest BCUT2D eigenvalue weighted by Crippen LogP contribution is -2.31. The van der Waals surface area contributed by atoms with Gasteiger partial charge in [-0.05, 0) is 30.2 Å². The van der Waals surface area contributed by atoms with Gasteiger partial charge in [0.05, 0.1) is 18.7 Å². The van der Waals surface area contributed by atoms with Gasteiger partial charge in [0, 0.05) is 42.9 Å². The van der Waals surface area contributed by atoms with Crippen LogP contribution in [0.1, 0.15) is 23.6 Å². The molecule has 1 aliphatic rings. The van der Waals surface area contributed by atoms with Crippen molar-refractivity contribution in [2.24, 2.45) is 0 Å². The molecule has 1 fully saturated rings. The Morgan fingerprint density at radius 1 is 1.16 bits per heavy atom. The number of nitrogens with zero attached hydrogens (tertiary/aromatic N) is 1. The molecule has 8 heteroatoms. The molecule has 0 spiro atoms. The van der Waals surface area contributed by atoms with Crippen molar-refractivity contribution in [3.8, 4) is 11.5 Å². The molecule has 1 unspecified atom stereocenters.